The van der Waals surface area contributed by atoms with E-state index in [4.69, 9.17) is 4.74 Å². The van der Waals surface area contributed by atoms with E-state index in [1.165, 1.54) is 6.08 Å². The summed E-state index contributed by atoms with van der Waals surface area (Å²) in [6, 6.07) is 4.72. The van der Waals surface area contributed by atoms with E-state index in [1.807, 2.05) is 32.0 Å². The maximum absolute atomic E-state index is 11.4. The molecule has 0 bridgehead atoms. The molecule has 0 aliphatic carbocycles. The van der Waals surface area contributed by atoms with Gasteiger partial charge >= 0.3 is 12.1 Å². The third-order valence-corrected chi connectivity index (χ3v) is 2.98. The topological polar surface area (TPSA) is 75.6 Å². The summed E-state index contributed by atoms with van der Waals surface area (Å²) in [6.07, 6.45) is 0.876. The zero-order chi connectivity index (χ0) is 15.1. The number of carbonyl (C=O) groups is 2. The molecule has 0 aliphatic rings. The molecule has 0 saturated heterocycles. The minimum atomic E-state index is -1.09. The highest BCUT2D eigenvalue weighted by molar-refractivity contribution is 5.80. The Kier molecular flexibility index (Phi) is 5.77. The summed E-state index contributed by atoms with van der Waals surface area (Å²) in [7, 11) is 0. The lowest BCUT2D eigenvalue weighted by Crippen LogP contribution is -2.42. The molecule has 0 spiro atoms. The Hall–Kier alpha value is -2.30. The summed E-state index contributed by atoms with van der Waals surface area (Å²) in [4.78, 5) is 22.7. The van der Waals surface area contributed by atoms with Crippen LogP contribution < -0.4 is 5.32 Å². The van der Waals surface area contributed by atoms with Crippen LogP contribution in [0.5, 0.6) is 0 Å². The highest BCUT2D eigenvalue weighted by Gasteiger charge is 2.22. The van der Waals surface area contributed by atoms with Gasteiger partial charge in [0.15, 0.2) is 0 Å². The molecule has 5 nitrogen and oxygen atoms in total. The predicted octanol–water partition coefficient (Wildman–Crippen LogP) is 2.21. The molecule has 1 aromatic carbocycles. The molecule has 0 fully saturated rings. The SMILES string of the molecule is C=CCOC(=O)N[C@@H](Cc1c(C)cccc1C)C(=O)O. The van der Waals surface area contributed by atoms with Gasteiger partial charge in [0.25, 0.3) is 0 Å². The quantitative estimate of drug-likeness (QED) is 0.782. The first-order valence-corrected chi connectivity index (χ1v) is 6.27. The number of nitrogens with one attached hydrogen (secondary N) is 1. The van der Waals surface area contributed by atoms with Gasteiger partial charge in [-0.2, -0.15) is 0 Å². The molecule has 0 aromatic heterocycles. The summed E-state index contributed by atoms with van der Waals surface area (Å²) in [5.41, 5.74) is 2.92. The standard InChI is InChI=1S/C15H19NO4/c1-4-8-20-15(19)16-13(14(17)18)9-12-10(2)6-5-7-11(12)3/h4-7,13H,1,8-9H2,2-3H3,(H,16,19)(H,17,18)/t13-/m0/s1. The Morgan fingerprint density at radius 2 is 2.00 bits per heavy atom. The van der Waals surface area contributed by atoms with E-state index in [1.54, 1.807) is 0 Å². The van der Waals surface area contributed by atoms with Crippen LogP contribution in [-0.4, -0.2) is 29.8 Å². The number of aliphatic carboxylic acids is 1. The minimum absolute atomic E-state index is 0.0432. The van der Waals surface area contributed by atoms with Crippen LogP contribution in [0, 0.1) is 13.8 Å². The van der Waals surface area contributed by atoms with E-state index in [-0.39, 0.29) is 13.0 Å². The van der Waals surface area contributed by atoms with Crippen LogP contribution in [-0.2, 0) is 16.0 Å². The molecule has 0 unspecified atom stereocenters. The zero-order valence-electron chi connectivity index (χ0n) is 11.7. The van der Waals surface area contributed by atoms with Crippen molar-refractivity contribution < 1.29 is 19.4 Å². The summed E-state index contributed by atoms with van der Waals surface area (Å²) in [6.45, 7) is 7.29. The van der Waals surface area contributed by atoms with E-state index >= 15 is 0 Å². The molecule has 0 aliphatic heterocycles. The summed E-state index contributed by atoms with van der Waals surface area (Å²) < 4.78 is 4.74. The van der Waals surface area contributed by atoms with Crippen molar-refractivity contribution in [2.24, 2.45) is 0 Å². The largest absolute Gasteiger partial charge is 0.480 e. The molecule has 108 valence electrons. The number of alkyl carbamates (subject to hydrolysis) is 1. The molecule has 1 atom stereocenters. The lowest BCUT2D eigenvalue weighted by atomic mass is 9.96. The van der Waals surface area contributed by atoms with Gasteiger partial charge in [-0.3, -0.25) is 0 Å². The number of hydrogen-bond acceptors (Lipinski definition) is 3. The zero-order valence-corrected chi connectivity index (χ0v) is 11.7. The molecular weight excluding hydrogens is 258 g/mol. The summed E-state index contributed by atoms with van der Waals surface area (Å²) in [5.74, 6) is -1.09. The van der Waals surface area contributed by atoms with E-state index in [2.05, 4.69) is 11.9 Å². The van der Waals surface area contributed by atoms with Gasteiger partial charge in [0.05, 0.1) is 0 Å². The second-order valence-corrected chi connectivity index (χ2v) is 4.50. The molecule has 0 saturated carbocycles. The fraction of sp³-hybridized carbons (Fsp3) is 0.333. The molecule has 1 amide bonds. The van der Waals surface area contributed by atoms with Gasteiger partial charge in [-0.1, -0.05) is 30.9 Å². The predicted molar refractivity (Wildman–Crippen MR) is 75.7 cm³/mol. The van der Waals surface area contributed by atoms with E-state index in [9.17, 15) is 14.7 Å². The van der Waals surface area contributed by atoms with Gasteiger partial charge in [-0.25, -0.2) is 9.59 Å². The van der Waals surface area contributed by atoms with Crippen LogP contribution in [0.3, 0.4) is 0 Å². The summed E-state index contributed by atoms with van der Waals surface area (Å²) in [5, 5.41) is 11.5. The van der Waals surface area contributed by atoms with Crippen molar-refractivity contribution >= 4 is 12.1 Å². The number of benzene rings is 1. The third-order valence-electron chi connectivity index (χ3n) is 2.98. The first-order chi connectivity index (χ1) is 9.45. The van der Waals surface area contributed by atoms with Crippen molar-refractivity contribution in [2.45, 2.75) is 26.3 Å². The van der Waals surface area contributed by atoms with E-state index in [0.717, 1.165) is 16.7 Å². The van der Waals surface area contributed by atoms with Crippen LogP contribution in [0.1, 0.15) is 16.7 Å². The average Bonchev–Trinajstić information content (AvgIpc) is 2.39. The van der Waals surface area contributed by atoms with E-state index < -0.39 is 18.1 Å². The number of ether oxygens (including phenoxy) is 1. The van der Waals surface area contributed by atoms with Gasteiger partial charge in [-0.15, -0.1) is 0 Å². The minimum Gasteiger partial charge on any atom is -0.480 e. The fourth-order valence-corrected chi connectivity index (χ4v) is 1.89. The van der Waals surface area contributed by atoms with Crippen LogP contribution in [0.2, 0.25) is 0 Å². The van der Waals surface area contributed by atoms with Gasteiger partial charge in [0.2, 0.25) is 0 Å². The normalized spacial score (nSPS) is 11.5. The van der Waals surface area contributed by atoms with Crippen molar-refractivity contribution in [1.29, 1.82) is 0 Å². The molecule has 5 heteroatoms. The van der Waals surface area contributed by atoms with Gasteiger partial charge in [0, 0.05) is 6.42 Å². The Morgan fingerprint density at radius 3 is 2.50 bits per heavy atom. The van der Waals surface area contributed by atoms with Crippen LogP contribution >= 0.6 is 0 Å². The van der Waals surface area contributed by atoms with Gasteiger partial charge in [-0.05, 0) is 30.5 Å². The van der Waals surface area contributed by atoms with Gasteiger partial charge in [0.1, 0.15) is 12.6 Å². The fourth-order valence-electron chi connectivity index (χ4n) is 1.89. The van der Waals surface area contributed by atoms with Crippen molar-refractivity contribution in [2.75, 3.05) is 6.61 Å². The Labute approximate surface area is 118 Å². The molecule has 2 N–H and O–H groups in total. The average molecular weight is 277 g/mol. The van der Waals surface area contributed by atoms with Crippen molar-refractivity contribution in [3.8, 4) is 0 Å². The summed E-state index contributed by atoms with van der Waals surface area (Å²) >= 11 is 0. The Morgan fingerprint density at radius 1 is 1.40 bits per heavy atom. The number of hydrogen-bond donors (Lipinski definition) is 2. The monoisotopic (exact) mass is 277 g/mol. The smallest absolute Gasteiger partial charge is 0.408 e. The molecule has 20 heavy (non-hydrogen) atoms. The van der Waals surface area contributed by atoms with Crippen molar-refractivity contribution in [3.63, 3.8) is 0 Å². The first-order valence-electron chi connectivity index (χ1n) is 6.27. The maximum Gasteiger partial charge on any atom is 0.408 e. The van der Waals surface area contributed by atoms with Crippen LogP contribution in [0.15, 0.2) is 30.9 Å². The first kappa shape index (κ1) is 15.8. The number of rotatable bonds is 6. The molecule has 1 rings (SSSR count). The molecule has 0 radical (unpaired) electrons. The highest BCUT2D eigenvalue weighted by atomic mass is 16.5. The number of aryl methyl sites for hydroxylation is 2. The molecule has 0 heterocycles. The second-order valence-electron chi connectivity index (χ2n) is 4.50. The second kappa shape index (κ2) is 7.33. The molecule has 1 aromatic rings. The van der Waals surface area contributed by atoms with Crippen molar-refractivity contribution in [1.82, 2.24) is 5.32 Å². The lowest BCUT2D eigenvalue weighted by Gasteiger charge is -2.17. The third kappa shape index (κ3) is 4.42. The lowest BCUT2D eigenvalue weighted by molar-refractivity contribution is -0.139. The van der Waals surface area contributed by atoms with Crippen LogP contribution in [0.4, 0.5) is 4.79 Å². The number of carboxylic acids is 1. The number of carbonyl (C=O) groups excluding carboxylic acids is 1. The molecular formula is C15H19NO4. The highest BCUT2D eigenvalue weighted by Crippen LogP contribution is 2.15. The Balaban J connectivity index is 2.80. The van der Waals surface area contributed by atoms with E-state index in [0.29, 0.717) is 0 Å². The Bertz CT molecular complexity index is 490. The number of carboxylic acid groups (broad SMARTS) is 1. The van der Waals surface area contributed by atoms with Crippen molar-refractivity contribution in [3.05, 3.63) is 47.5 Å². The maximum atomic E-state index is 11.4. The number of amides is 1. The van der Waals surface area contributed by atoms with Crippen LogP contribution in [0.25, 0.3) is 0 Å². The van der Waals surface area contributed by atoms with Gasteiger partial charge < -0.3 is 15.2 Å².